The molecule has 1 aromatic rings. The van der Waals surface area contributed by atoms with Crippen LogP contribution in [0.2, 0.25) is 0 Å². The Kier molecular flexibility index (Phi) is 4.49. The van der Waals surface area contributed by atoms with Crippen LogP contribution in [-0.2, 0) is 6.54 Å². The Balaban J connectivity index is 2.07. The predicted molar refractivity (Wildman–Crippen MR) is 65.8 cm³/mol. The monoisotopic (exact) mass is 256 g/mol. The Hall–Kier alpha value is -1.20. The van der Waals surface area contributed by atoms with Gasteiger partial charge in [-0.25, -0.2) is 0 Å². The van der Waals surface area contributed by atoms with Crippen LogP contribution < -0.4 is 10.1 Å². The summed E-state index contributed by atoms with van der Waals surface area (Å²) in [6.45, 7) is 2.78. The van der Waals surface area contributed by atoms with Crippen LogP contribution in [0.4, 0.5) is 8.78 Å². The van der Waals surface area contributed by atoms with Gasteiger partial charge in [0.1, 0.15) is 5.75 Å². The van der Waals surface area contributed by atoms with E-state index in [0.717, 1.165) is 25.2 Å². The van der Waals surface area contributed by atoms with E-state index in [0.29, 0.717) is 12.6 Å². The van der Waals surface area contributed by atoms with Crippen LogP contribution in [0.5, 0.6) is 5.75 Å². The van der Waals surface area contributed by atoms with E-state index in [4.69, 9.17) is 0 Å². The first-order valence-electron chi connectivity index (χ1n) is 6.14. The van der Waals surface area contributed by atoms with E-state index in [2.05, 4.69) is 21.9 Å². The van der Waals surface area contributed by atoms with E-state index >= 15 is 0 Å². The van der Waals surface area contributed by atoms with Crippen molar-refractivity contribution in [2.75, 3.05) is 19.6 Å². The van der Waals surface area contributed by atoms with Crippen LogP contribution in [-0.4, -0.2) is 37.2 Å². The molecule has 0 aromatic heterocycles. The third-order valence-corrected chi connectivity index (χ3v) is 3.20. The maximum Gasteiger partial charge on any atom is 0.387 e. The molecule has 18 heavy (non-hydrogen) atoms. The lowest BCUT2D eigenvalue weighted by molar-refractivity contribution is -0.0509. The average Bonchev–Trinajstić information content (AvgIpc) is 2.34. The average molecular weight is 256 g/mol. The first-order valence-corrected chi connectivity index (χ1v) is 6.14. The summed E-state index contributed by atoms with van der Waals surface area (Å²) in [5.41, 5.74) is 0.812. The number of ether oxygens (including phenoxy) is 1. The third-order valence-electron chi connectivity index (χ3n) is 3.20. The number of hydrogen-bond donors (Lipinski definition) is 1. The highest BCUT2D eigenvalue weighted by Gasteiger charge is 2.19. The minimum absolute atomic E-state index is 0.276. The molecule has 3 nitrogen and oxygen atoms in total. The van der Waals surface area contributed by atoms with Crippen molar-refractivity contribution in [3.8, 4) is 5.75 Å². The summed E-state index contributed by atoms with van der Waals surface area (Å²) in [4.78, 5) is 2.27. The van der Waals surface area contributed by atoms with Crippen molar-refractivity contribution in [2.45, 2.75) is 26.1 Å². The van der Waals surface area contributed by atoms with E-state index in [9.17, 15) is 8.78 Å². The molecular weight excluding hydrogens is 238 g/mol. The number of benzene rings is 1. The highest BCUT2D eigenvalue weighted by molar-refractivity contribution is 5.33. The molecular formula is C13H18F2N2O. The van der Waals surface area contributed by atoms with E-state index in [1.807, 2.05) is 12.1 Å². The van der Waals surface area contributed by atoms with E-state index in [1.54, 1.807) is 12.1 Å². The molecule has 0 saturated carbocycles. The van der Waals surface area contributed by atoms with Crippen LogP contribution in [0, 0.1) is 0 Å². The van der Waals surface area contributed by atoms with E-state index in [1.165, 1.54) is 0 Å². The summed E-state index contributed by atoms with van der Waals surface area (Å²) in [7, 11) is 0. The highest BCUT2D eigenvalue weighted by atomic mass is 19.3. The molecule has 5 heteroatoms. The summed E-state index contributed by atoms with van der Waals surface area (Å²) >= 11 is 0. The number of halogens is 2. The third kappa shape index (κ3) is 3.40. The summed E-state index contributed by atoms with van der Waals surface area (Å²) < 4.78 is 29.2. The molecule has 0 spiro atoms. The Bertz CT molecular complexity index is 387. The van der Waals surface area contributed by atoms with Crippen LogP contribution in [0.15, 0.2) is 24.3 Å². The number of alkyl halides is 2. The molecule has 100 valence electrons. The number of rotatable bonds is 4. The Morgan fingerprint density at radius 1 is 1.44 bits per heavy atom. The molecule has 0 aliphatic carbocycles. The van der Waals surface area contributed by atoms with Gasteiger partial charge in [-0.3, -0.25) is 4.90 Å². The summed E-state index contributed by atoms with van der Waals surface area (Å²) in [5, 5.41) is 3.30. The fraction of sp³-hybridized carbons (Fsp3) is 0.538. The second kappa shape index (κ2) is 6.11. The molecule has 1 aromatic carbocycles. The number of piperazine rings is 1. The number of nitrogens with zero attached hydrogens (tertiary/aromatic N) is 1. The highest BCUT2D eigenvalue weighted by Crippen LogP contribution is 2.22. The zero-order valence-corrected chi connectivity index (χ0v) is 10.4. The van der Waals surface area contributed by atoms with Gasteiger partial charge in [0.05, 0.1) is 0 Å². The topological polar surface area (TPSA) is 24.5 Å². The minimum atomic E-state index is -2.77. The summed E-state index contributed by atoms with van der Waals surface area (Å²) in [6.07, 6.45) is 0. The molecule has 1 heterocycles. The Morgan fingerprint density at radius 3 is 2.94 bits per heavy atom. The van der Waals surface area contributed by atoms with Crippen molar-refractivity contribution in [1.82, 2.24) is 10.2 Å². The zero-order chi connectivity index (χ0) is 13.0. The van der Waals surface area contributed by atoms with Crippen molar-refractivity contribution in [3.05, 3.63) is 29.8 Å². The van der Waals surface area contributed by atoms with Crippen molar-refractivity contribution in [1.29, 1.82) is 0 Å². The van der Waals surface area contributed by atoms with E-state index < -0.39 is 6.61 Å². The lowest BCUT2D eigenvalue weighted by Crippen LogP contribution is -2.49. The van der Waals surface area contributed by atoms with Gasteiger partial charge in [0, 0.05) is 37.8 Å². The van der Waals surface area contributed by atoms with Gasteiger partial charge in [0.25, 0.3) is 0 Å². The molecule has 1 fully saturated rings. The number of para-hydroxylation sites is 1. The van der Waals surface area contributed by atoms with Gasteiger partial charge < -0.3 is 10.1 Å². The standard InChI is InChI=1S/C13H18F2N2O/c1-10-8-16-6-7-17(10)9-11-4-2-3-5-12(11)18-13(14)15/h2-5,10,13,16H,6-9H2,1H3/t10-/m1/s1. The SMILES string of the molecule is C[C@@H]1CNCCN1Cc1ccccc1OC(F)F. The van der Waals surface area contributed by atoms with Crippen molar-refractivity contribution >= 4 is 0 Å². The normalized spacial score (nSPS) is 21.2. The van der Waals surface area contributed by atoms with Crippen LogP contribution >= 0.6 is 0 Å². The lowest BCUT2D eigenvalue weighted by atomic mass is 10.1. The quantitative estimate of drug-likeness (QED) is 0.892. The smallest absolute Gasteiger partial charge is 0.387 e. The minimum Gasteiger partial charge on any atom is -0.434 e. The fourth-order valence-electron chi connectivity index (χ4n) is 2.18. The maximum absolute atomic E-state index is 12.3. The summed E-state index contributed by atoms with van der Waals surface area (Å²) in [5.74, 6) is 0.276. The van der Waals surface area contributed by atoms with Gasteiger partial charge in [0.2, 0.25) is 0 Å². The molecule has 0 amide bonds. The number of hydrogen-bond acceptors (Lipinski definition) is 3. The molecule has 1 aliphatic heterocycles. The largest absolute Gasteiger partial charge is 0.434 e. The van der Waals surface area contributed by atoms with Crippen molar-refractivity contribution < 1.29 is 13.5 Å². The van der Waals surface area contributed by atoms with Crippen molar-refractivity contribution in [2.24, 2.45) is 0 Å². The van der Waals surface area contributed by atoms with Gasteiger partial charge in [-0.05, 0) is 13.0 Å². The molecule has 0 unspecified atom stereocenters. The van der Waals surface area contributed by atoms with E-state index in [-0.39, 0.29) is 5.75 Å². The van der Waals surface area contributed by atoms with Crippen LogP contribution in [0.1, 0.15) is 12.5 Å². The molecule has 2 rings (SSSR count). The second-order valence-corrected chi connectivity index (χ2v) is 4.51. The van der Waals surface area contributed by atoms with Gasteiger partial charge in [0.15, 0.2) is 0 Å². The van der Waals surface area contributed by atoms with Gasteiger partial charge in [-0.2, -0.15) is 8.78 Å². The first-order chi connectivity index (χ1) is 8.66. The predicted octanol–water partition coefficient (Wildman–Crippen LogP) is 2.08. The van der Waals surface area contributed by atoms with Gasteiger partial charge in [-0.1, -0.05) is 18.2 Å². The maximum atomic E-state index is 12.3. The molecule has 0 bridgehead atoms. The van der Waals surface area contributed by atoms with Gasteiger partial charge >= 0.3 is 6.61 Å². The number of nitrogens with one attached hydrogen (secondary N) is 1. The molecule has 1 aliphatic rings. The van der Waals surface area contributed by atoms with Crippen LogP contribution in [0.3, 0.4) is 0 Å². The Labute approximate surface area is 106 Å². The molecule has 1 atom stereocenters. The molecule has 0 radical (unpaired) electrons. The fourth-order valence-corrected chi connectivity index (χ4v) is 2.18. The molecule has 1 N–H and O–H groups in total. The zero-order valence-electron chi connectivity index (χ0n) is 10.4. The molecule has 1 saturated heterocycles. The van der Waals surface area contributed by atoms with Crippen molar-refractivity contribution in [3.63, 3.8) is 0 Å². The lowest BCUT2D eigenvalue weighted by Gasteiger charge is -2.34. The first kappa shape index (κ1) is 13.2. The van der Waals surface area contributed by atoms with Crippen LogP contribution in [0.25, 0.3) is 0 Å². The summed E-state index contributed by atoms with van der Waals surface area (Å²) in [6, 6.07) is 7.39. The Morgan fingerprint density at radius 2 is 2.22 bits per heavy atom. The van der Waals surface area contributed by atoms with Gasteiger partial charge in [-0.15, -0.1) is 0 Å². The second-order valence-electron chi connectivity index (χ2n) is 4.51.